The number of hydrogen-bond donors (Lipinski definition) is 0. The van der Waals surface area contributed by atoms with Gasteiger partial charge >= 0.3 is 0 Å². The lowest BCUT2D eigenvalue weighted by Gasteiger charge is -2.05. The van der Waals surface area contributed by atoms with E-state index in [0.29, 0.717) is 5.92 Å². The Labute approximate surface area is 77.6 Å². The van der Waals surface area contributed by atoms with Crippen LogP contribution in [0.3, 0.4) is 0 Å². The van der Waals surface area contributed by atoms with Gasteiger partial charge in [0.25, 0.3) is 0 Å². The van der Waals surface area contributed by atoms with Crippen LogP contribution in [0.1, 0.15) is 30.9 Å². The minimum Gasteiger partial charge on any atom is -0.443 e. The number of aryl methyl sites for hydroxylation is 1. The Kier molecular flexibility index (Phi) is 1.83. The monoisotopic (exact) mass is 175 g/mol. The second-order valence-corrected chi connectivity index (χ2v) is 3.69. The fourth-order valence-electron chi connectivity index (χ4n) is 1.50. The summed E-state index contributed by atoms with van der Waals surface area (Å²) in [4.78, 5) is 4.15. The maximum atomic E-state index is 5.28. The predicted molar refractivity (Wildman–Crippen MR) is 52.8 cm³/mol. The topological polar surface area (TPSA) is 26.0 Å². The number of oxazole rings is 1. The van der Waals surface area contributed by atoms with E-state index in [1.807, 2.05) is 0 Å². The predicted octanol–water partition coefficient (Wildman–Crippen LogP) is 3.26. The number of nitrogens with zero attached hydrogens (tertiary/aromatic N) is 1. The third-order valence-corrected chi connectivity index (χ3v) is 2.32. The van der Waals surface area contributed by atoms with Crippen LogP contribution in [-0.4, -0.2) is 4.98 Å². The van der Waals surface area contributed by atoms with Gasteiger partial charge in [-0.25, -0.2) is 4.98 Å². The fraction of sp³-hybridized carbons (Fsp3) is 0.364. The summed E-state index contributed by atoms with van der Waals surface area (Å²) in [6, 6.07) is 4.25. The van der Waals surface area contributed by atoms with Gasteiger partial charge in [0.2, 0.25) is 0 Å². The molecule has 0 N–H and O–H groups in total. The molecule has 0 radical (unpaired) electrons. The van der Waals surface area contributed by atoms with Crippen LogP contribution in [0.4, 0.5) is 0 Å². The molecule has 0 atom stereocenters. The van der Waals surface area contributed by atoms with Crippen molar-refractivity contribution in [2.24, 2.45) is 0 Å². The number of hydrogen-bond acceptors (Lipinski definition) is 2. The van der Waals surface area contributed by atoms with Crippen molar-refractivity contribution in [3.63, 3.8) is 0 Å². The van der Waals surface area contributed by atoms with Crippen molar-refractivity contribution in [1.29, 1.82) is 0 Å². The molecular formula is C11H13NO. The molecule has 0 fully saturated rings. The minimum atomic E-state index is 0.535. The average molecular weight is 175 g/mol. The molecule has 2 aromatic rings. The first-order valence-electron chi connectivity index (χ1n) is 4.52. The molecule has 2 rings (SSSR count). The van der Waals surface area contributed by atoms with E-state index >= 15 is 0 Å². The highest BCUT2D eigenvalue weighted by Gasteiger charge is 2.06. The van der Waals surface area contributed by atoms with Crippen molar-refractivity contribution < 1.29 is 4.42 Å². The molecule has 1 aromatic heterocycles. The summed E-state index contributed by atoms with van der Waals surface area (Å²) in [5, 5.41) is 0. The quantitative estimate of drug-likeness (QED) is 0.664. The van der Waals surface area contributed by atoms with Crippen molar-refractivity contribution >= 4 is 11.1 Å². The largest absolute Gasteiger partial charge is 0.443 e. The molecule has 0 bridgehead atoms. The molecule has 0 unspecified atom stereocenters. The molecule has 0 spiro atoms. The maximum absolute atomic E-state index is 5.28. The van der Waals surface area contributed by atoms with Crippen molar-refractivity contribution in [2.75, 3.05) is 0 Å². The van der Waals surface area contributed by atoms with Gasteiger partial charge in [-0.2, -0.15) is 0 Å². The number of rotatable bonds is 1. The zero-order valence-electron chi connectivity index (χ0n) is 8.16. The van der Waals surface area contributed by atoms with Gasteiger partial charge in [0.05, 0.1) is 0 Å². The second kappa shape index (κ2) is 2.87. The zero-order chi connectivity index (χ0) is 9.42. The SMILES string of the molecule is Cc1cc(C(C)C)cc2ocnc12. The second-order valence-electron chi connectivity index (χ2n) is 3.69. The molecule has 1 heterocycles. The highest BCUT2D eigenvalue weighted by molar-refractivity contribution is 5.76. The van der Waals surface area contributed by atoms with Gasteiger partial charge in [-0.15, -0.1) is 0 Å². The zero-order valence-corrected chi connectivity index (χ0v) is 8.16. The van der Waals surface area contributed by atoms with Gasteiger partial charge in [-0.05, 0) is 30.0 Å². The van der Waals surface area contributed by atoms with E-state index in [-0.39, 0.29) is 0 Å². The van der Waals surface area contributed by atoms with Crippen LogP contribution in [0.25, 0.3) is 11.1 Å². The summed E-state index contributed by atoms with van der Waals surface area (Å²) in [5.41, 5.74) is 4.37. The van der Waals surface area contributed by atoms with Gasteiger partial charge in [0, 0.05) is 0 Å². The van der Waals surface area contributed by atoms with Crippen LogP contribution < -0.4 is 0 Å². The van der Waals surface area contributed by atoms with Crippen molar-refractivity contribution in [3.8, 4) is 0 Å². The Balaban J connectivity index is 2.70. The molecule has 0 aliphatic heterocycles. The molecular weight excluding hydrogens is 162 g/mol. The van der Waals surface area contributed by atoms with E-state index in [4.69, 9.17) is 4.42 Å². The molecule has 2 nitrogen and oxygen atoms in total. The third-order valence-electron chi connectivity index (χ3n) is 2.32. The molecule has 1 aromatic carbocycles. The Morgan fingerprint density at radius 2 is 2.08 bits per heavy atom. The van der Waals surface area contributed by atoms with Gasteiger partial charge in [0.15, 0.2) is 12.0 Å². The first-order valence-corrected chi connectivity index (χ1v) is 4.52. The van der Waals surface area contributed by atoms with Gasteiger partial charge in [0.1, 0.15) is 5.52 Å². The van der Waals surface area contributed by atoms with E-state index in [1.165, 1.54) is 17.5 Å². The molecule has 13 heavy (non-hydrogen) atoms. The van der Waals surface area contributed by atoms with Gasteiger partial charge < -0.3 is 4.42 Å². The molecule has 0 saturated heterocycles. The molecule has 0 aliphatic carbocycles. The first kappa shape index (κ1) is 8.30. The van der Waals surface area contributed by atoms with Crippen LogP contribution in [0.2, 0.25) is 0 Å². The summed E-state index contributed by atoms with van der Waals surface area (Å²) in [5.74, 6) is 0.535. The summed E-state index contributed by atoms with van der Waals surface area (Å²) in [6.45, 7) is 6.42. The lowest BCUT2D eigenvalue weighted by Crippen LogP contribution is -1.88. The van der Waals surface area contributed by atoms with Crippen LogP contribution >= 0.6 is 0 Å². The highest BCUT2D eigenvalue weighted by atomic mass is 16.3. The van der Waals surface area contributed by atoms with Crippen LogP contribution in [0.15, 0.2) is 22.9 Å². The molecule has 2 heteroatoms. The van der Waals surface area contributed by atoms with E-state index in [9.17, 15) is 0 Å². The van der Waals surface area contributed by atoms with Gasteiger partial charge in [-0.1, -0.05) is 19.9 Å². The summed E-state index contributed by atoms with van der Waals surface area (Å²) >= 11 is 0. The Morgan fingerprint density at radius 3 is 2.77 bits per heavy atom. The molecule has 0 amide bonds. The number of benzene rings is 1. The molecule has 0 aliphatic rings. The van der Waals surface area contributed by atoms with Gasteiger partial charge in [-0.3, -0.25) is 0 Å². The minimum absolute atomic E-state index is 0.535. The fourth-order valence-corrected chi connectivity index (χ4v) is 1.50. The van der Waals surface area contributed by atoms with E-state index in [2.05, 4.69) is 37.9 Å². The van der Waals surface area contributed by atoms with Crippen molar-refractivity contribution in [2.45, 2.75) is 26.7 Å². The van der Waals surface area contributed by atoms with Crippen LogP contribution in [0.5, 0.6) is 0 Å². The first-order chi connectivity index (χ1) is 6.18. The Hall–Kier alpha value is -1.31. The van der Waals surface area contributed by atoms with Crippen molar-refractivity contribution in [3.05, 3.63) is 29.7 Å². The van der Waals surface area contributed by atoms with Crippen LogP contribution in [-0.2, 0) is 0 Å². The highest BCUT2D eigenvalue weighted by Crippen LogP contribution is 2.23. The average Bonchev–Trinajstić information content (AvgIpc) is 2.51. The van der Waals surface area contributed by atoms with E-state index in [0.717, 1.165) is 11.1 Å². The smallest absolute Gasteiger partial charge is 0.181 e. The van der Waals surface area contributed by atoms with Crippen molar-refractivity contribution in [1.82, 2.24) is 4.98 Å². The molecule has 0 saturated carbocycles. The van der Waals surface area contributed by atoms with Crippen LogP contribution in [0, 0.1) is 6.92 Å². The summed E-state index contributed by atoms with van der Waals surface area (Å²) in [6.07, 6.45) is 1.50. The third kappa shape index (κ3) is 1.32. The van der Waals surface area contributed by atoms with E-state index in [1.54, 1.807) is 0 Å². The molecule has 68 valence electrons. The standard InChI is InChI=1S/C11H13NO/c1-7(2)9-4-8(3)11-10(5-9)13-6-12-11/h4-7H,1-3H3. The summed E-state index contributed by atoms with van der Waals surface area (Å²) in [7, 11) is 0. The normalized spacial score (nSPS) is 11.4. The number of fused-ring (bicyclic) bond motifs is 1. The Morgan fingerprint density at radius 1 is 1.31 bits per heavy atom. The lowest BCUT2D eigenvalue weighted by atomic mass is 10.0. The Bertz CT molecular complexity index is 429. The maximum Gasteiger partial charge on any atom is 0.181 e. The lowest BCUT2D eigenvalue weighted by molar-refractivity contribution is 0.601. The summed E-state index contributed by atoms with van der Waals surface area (Å²) < 4.78 is 5.28. The number of aromatic nitrogens is 1. The van der Waals surface area contributed by atoms with E-state index < -0.39 is 0 Å².